The van der Waals surface area contributed by atoms with Crippen molar-refractivity contribution in [1.29, 1.82) is 0 Å². The second-order valence-corrected chi connectivity index (χ2v) is 6.52. The summed E-state index contributed by atoms with van der Waals surface area (Å²) in [5.74, 6) is -0.571. The smallest absolute Gasteiger partial charge is 0.269 e. The van der Waals surface area contributed by atoms with Crippen LogP contribution in [0.25, 0.3) is 0 Å². The Kier molecular flexibility index (Phi) is 7.56. The van der Waals surface area contributed by atoms with Gasteiger partial charge in [0.2, 0.25) is 0 Å². The molecule has 0 radical (unpaired) electrons. The molecule has 26 heavy (non-hydrogen) atoms. The first-order valence-electron chi connectivity index (χ1n) is 8.38. The van der Waals surface area contributed by atoms with Gasteiger partial charge in [-0.3, -0.25) is 14.6 Å². The molecule has 0 aliphatic rings. The van der Waals surface area contributed by atoms with Crippen LogP contribution in [-0.2, 0) is 6.54 Å². The standard InChI is InChI=1S/C19H23ClN4O2/c1-24(2)11-5-9-22-19(26)17-12-14(8-10-21-17)18(25)23-13-15-6-3-4-7-16(15)20/h3-4,6-8,10,12H,5,9,11,13H2,1-2H3,(H,22,26)(H,23,25). The van der Waals surface area contributed by atoms with Gasteiger partial charge in [-0.2, -0.15) is 0 Å². The van der Waals surface area contributed by atoms with E-state index >= 15 is 0 Å². The third-order valence-electron chi connectivity index (χ3n) is 3.72. The molecule has 0 unspecified atom stereocenters. The van der Waals surface area contributed by atoms with Crippen molar-refractivity contribution >= 4 is 23.4 Å². The normalized spacial score (nSPS) is 10.6. The molecule has 1 heterocycles. The fraction of sp³-hybridized carbons (Fsp3) is 0.316. The highest BCUT2D eigenvalue weighted by Gasteiger charge is 2.12. The van der Waals surface area contributed by atoms with Crippen molar-refractivity contribution in [3.8, 4) is 0 Å². The molecule has 0 saturated carbocycles. The summed E-state index contributed by atoms with van der Waals surface area (Å²) in [6.45, 7) is 1.76. The largest absolute Gasteiger partial charge is 0.351 e. The Balaban J connectivity index is 1.92. The lowest BCUT2D eigenvalue weighted by Gasteiger charge is -2.10. The zero-order chi connectivity index (χ0) is 18.9. The number of amides is 2. The molecule has 2 aromatic rings. The second kappa shape index (κ2) is 9.89. The number of rotatable bonds is 8. The summed E-state index contributed by atoms with van der Waals surface area (Å²) in [5.41, 5.74) is 1.43. The van der Waals surface area contributed by atoms with Gasteiger partial charge in [0, 0.05) is 29.9 Å². The van der Waals surface area contributed by atoms with Crippen LogP contribution in [0.5, 0.6) is 0 Å². The number of carbonyl (C=O) groups is 2. The zero-order valence-corrected chi connectivity index (χ0v) is 15.7. The minimum absolute atomic E-state index is 0.222. The molecule has 0 aliphatic heterocycles. The van der Waals surface area contributed by atoms with Crippen molar-refractivity contribution in [3.63, 3.8) is 0 Å². The van der Waals surface area contributed by atoms with Gasteiger partial charge in [-0.05, 0) is 50.8 Å². The van der Waals surface area contributed by atoms with E-state index in [4.69, 9.17) is 11.6 Å². The van der Waals surface area contributed by atoms with Gasteiger partial charge >= 0.3 is 0 Å². The topological polar surface area (TPSA) is 74.3 Å². The fourth-order valence-electron chi connectivity index (χ4n) is 2.30. The van der Waals surface area contributed by atoms with Gasteiger partial charge in [-0.15, -0.1) is 0 Å². The molecule has 0 aliphatic carbocycles. The van der Waals surface area contributed by atoms with Gasteiger partial charge in [0.25, 0.3) is 11.8 Å². The summed E-state index contributed by atoms with van der Waals surface area (Å²) >= 11 is 6.08. The average Bonchev–Trinajstić information content (AvgIpc) is 2.64. The maximum absolute atomic E-state index is 12.3. The SMILES string of the molecule is CN(C)CCCNC(=O)c1cc(C(=O)NCc2ccccc2Cl)ccn1. The number of hydrogen-bond donors (Lipinski definition) is 2. The van der Waals surface area contributed by atoms with Crippen molar-refractivity contribution in [3.05, 3.63) is 64.4 Å². The maximum atomic E-state index is 12.3. The third-order valence-corrected chi connectivity index (χ3v) is 4.09. The van der Waals surface area contributed by atoms with Gasteiger partial charge in [0.15, 0.2) is 0 Å². The van der Waals surface area contributed by atoms with Gasteiger partial charge < -0.3 is 15.5 Å². The van der Waals surface area contributed by atoms with Crippen LogP contribution in [0, 0.1) is 0 Å². The first-order valence-corrected chi connectivity index (χ1v) is 8.76. The predicted molar refractivity (Wildman–Crippen MR) is 102 cm³/mol. The Labute approximate surface area is 158 Å². The number of aromatic nitrogens is 1. The lowest BCUT2D eigenvalue weighted by molar-refractivity contribution is 0.0947. The van der Waals surface area contributed by atoms with Crippen LogP contribution in [0.4, 0.5) is 0 Å². The van der Waals surface area contributed by atoms with Crippen molar-refractivity contribution in [2.75, 3.05) is 27.2 Å². The highest BCUT2D eigenvalue weighted by molar-refractivity contribution is 6.31. The molecule has 6 nitrogen and oxygen atoms in total. The zero-order valence-electron chi connectivity index (χ0n) is 15.0. The van der Waals surface area contributed by atoms with E-state index in [0.717, 1.165) is 18.5 Å². The minimum Gasteiger partial charge on any atom is -0.351 e. The van der Waals surface area contributed by atoms with E-state index in [1.54, 1.807) is 12.1 Å². The first kappa shape index (κ1) is 19.9. The highest BCUT2D eigenvalue weighted by Crippen LogP contribution is 2.14. The Morgan fingerprint density at radius 1 is 1.12 bits per heavy atom. The number of pyridine rings is 1. The van der Waals surface area contributed by atoms with E-state index in [1.165, 1.54) is 12.3 Å². The van der Waals surface area contributed by atoms with E-state index in [0.29, 0.717) is 23.7 Å². The molecule has 2 amide bonds. The van der Waals surface area contributed by atoms with Crippen LogP contribution in [0.3, 0.4) is 0 Å². The fourth-order valence-corrected chi connectivity index (χ4v) is 2.51. The average molecular weight is 375 g/mol. The summed E-state index contributed by atoms with van der Waals surface area (Å²) in [5, 5.41) is 6.20. The second-order valence-electron chi connectivity index (χ2n) is 6.12. The minimum atomic E-state index is -0.287. The molecule has 0 bridgehead atoms. The van der Waals surface area contributed by atoms with Crippen molar-refractivity contribution in [2.24, 2.45) is 0 Å². The molecule has 0 fully saturated rings. The van der Waals surface area contributed by atoms with Crippen molar-refractivity contribution in [1.82, 2.24) is 20.5 Å². The molecule has 0 saturated heterocycles. The molecule has 2 N–H and O–H groups in total. The van der Waals surface area contributed by atoms with Gasteiger partial charge in [-0.1, -0.05) is 29.8 Å². The molecule has 1 aromatic heterocycles. The van der Waals surface area contributed by atoms with Crippen LogP contribution in [0.1, 0.15) is 32.8 Å². The molecule has 1 aromatic carbocycles. The Bertz CT molecular complexity index is 765. The molecule has 0 spiro atoms. The van der Waals surface area contributed by atoms with E-state index in [2.05, 4.69) is 15.6 Å². The van der Waals surface area contributed by atoms with E-state index in [9.17, 15) is 9.59 Å². The Hall–Kier alpha value is -2.44. The van der Waals surface area contributed by atoms with E-state index < -0.39 is 0 Å². The number of hydrogen-bond acceptors (Lipinski definition) is 4. The third kappa shape index (κ3) is 6.13. The van der Waals surface area contributed by atoms with Gasteiger partial charge in [-0.25, -0.2) is 0 Å². The van der Waals surface area contributed by atoms with Gasteiger partial charge in [0.1, 0.15) is 5.69 Å². The molecule has 2 rings (SSSR count). The van der Waals surface area contributed by atoms with Crippen molar-refractivity contribution in [2.45, 2.75) is 13.0 Å². The number of nitrogens with zero attached hydrogens (tertiary/aromatic N) is 2. The van der Waals surface area contributed by atoms with E-state index in [-0.39, 0.29) is 17.5 Å². The van der Waals surface area contributed by atoms with E-state index in [1.807, 2.05) is 37.2 Å². The molecule has 7 heteroatoms. The predicted octanol–water partition coefficient (Wildman–Crippen LogP) is 2.35. The summed E-state index contributed by atoms with van der Waals surface area (Å²) in [7, 11) is 3.96. The lowest BCUT2D eigenvalue weighted by Crippen LogP contribution is -2.28. The van der Waals surface area contributed by atoms with Crippen LogP contribution in [0.15, 0.2) is 42.6 Å². The van der Waals surface area contributed by atoms with Gasteiger partial charge in [0.05, 0.1) is 0 Å². The summed E-state index contributed by atoms with van der Waals surface area (Å²) in [4.78, 5) is 30.6. The monoisotopic (exact) mass is 374 g/mol. The number of carbonyl (C=O) groups excluding carboxylic acids is 2. The lowest BCUT2D eigenvalue weighted by atomic mass is 10.2. The molecular formula is C19H23ClN4O2. The van der Waals surface area contributed by atoms with Crippen LogP contribution < -0.4 is 10.6 Å². The number of benzene rings is 1. The van der Waals surface area contributed by atoms with Crippen LogP contribution in [-0.4, -0.2) is 48.9 Å². The summed E-state index contributed by atoms with van der Waals surface area (Å²) in [6, 6.07) is 10.4. The summed E-state index contributed by atoms with van der Waals surface area (Å²) in [6.07, 6.45) is 2.30. The van der Waals surface area contributed by atoms with Crippen LogP contribution in [0.2, 0.25) is 5.02 Å². The van der Waals surface area contributed by atoms with Crippen LogP contribution >= 0.6 is 11.6 Å². The Morgan fingerprint density at radius 3 is 2.62 bits per heavy atom. The number of halogens is 1. The highest BCUT2D eigenvalue weighted by atomic mass is 35.5. The molecule has 0 atom stereocenters. The van der Waals surface area contributed by atoms with Crippen molar-refractivity contribution < 1.29 is 9.59 Å². The molecular weight excluding hydrogens is 352 g/mol. The summed E-state index contributed by atoms with van der Waals surface area (Å²) < 4.78 is 0. The Morgan fingerprint density at radius 2 is 1.88 bits per heavy atom. The quantitative estimate of drug-likeness (QED) is 0.695. The maximum Gasteiger partial charge on any atom is 0.269 e. The first-order chi connectivity index (χ1) is 12.5. The molecule has 138 valence electrons. The number of nitrogens with one attached hydrogen (secondary N) is 2.